The number of aromatic nitrogens is 2. The van der Waals surface area contributed by atoms with Crippen LogP contribution in [0.2, 0.25) is 0 Å². The zero-order valence-corrected chi connectivity index (χ0v) is 15.9. The van der Waals surface area contributed by atoms with Gasteiger partial charge >= 0.3 is 0 Å². The molecular weight excluding hydrogens is 356 g/mol. The quantitative estimate of drug-likeness (QED) is 0.850. The summed E-state index contributed by atoms with van der Waals surface area (Å²) in [5.74, 6) is 0.922. The second-order valence-electron chi connectivity index (χ2n) is 8.97. The van der Waals surface area contributed by atoms with E-state index in [1.54, 1.807) is 12.1 Å². The average Bonchev–Trinajstić information content (AvgIpc) is 3.14. The maximum Gasteiger partial charge on any atom is 0.290 e. The standard InChI is InChI=1S/C21H24N4O3/c1-13-3-2-4-16(23-13)18(26)24-20-8-14-7-15(9-20)11-21(10-14,12-20)25-19(27)17-5-6-22-28-17/h2-6,14-15H,7-12H2,1H3,(H,24,26)(H,25,27). The van der Waals surface area contributed by atoms with Crippen molar-refractivity contribution < 1.29 is 14.1 Å². The van der Waals surface area contributed by atoms with Crippen molar-refractivity contribution in [2.45, 2.75) is 56.5 Å². The summed E-state index contributed by atoms with van der Waals surface area (Å²) in [7, 11) is 0. The van der Waals surface area contributed by atoms with Crippen LogP contribution in [0, 0.1) is 18.8 Å². The van der Waals surface area contributed by atoms with Gasteiger partial charge in [0.2, 0.25) is 5.76 Å². The first-order chi connectivity index (χ1) is 13.4. The lowest BCUT2D eigenvalue weighted by Gasteiger charge is -2.62. The van der Waals surface area contributed by atoms with Crippen LogP contribution in [0.5, 0.6) is 0 Å². The lowest BCUT2D eigenvalue weighted by molar-refractivity contribution is -0.0452. The van der Waals surface area contributed by atoms with Crippen LogP contribution in [0.1, 0.15) is 65.3 Å². The Bertz CT molecular complexity index is 909. The molecule has 2 heterocycles. The van der Waals surface area contributed by atoms with Crippen molar-refractivity contribution in [3.05, 3.63) is 47.6 Å². The highest BCUT2D eigenvalue weighted by molar-refractivity contribution is 5.93. The van der Waals surface area contributed by atoms with Gasteiger partial charge in [0.15, 0.2) is 0 Å². The van der Waals surface area contributed by atoms with E-state index < -0.39 is 0 Å². The molecule has 4 aliphatic carbocycles. The van der Waals surface area contributed by atoms with Gasteiger partial charge in [0, 0.05) is 22.8 Å². The Kier molecular flexibility index (Phi) is 3.82. The van der Waals surface area contributed by atoms with Crippen LogP contribution in [-0.4, -0.2) is 33.0 Å². The molecule has 146 valence electrons. The zero-order valence-electron chi connectivity index (χ0n) is 15.9. The fourth-order valence-electron chi connectivity index (χ4n) is 6.16. The molecule has 6 rings (SSSR count). The minimum atomic E-state index is -0.290. The van der Waals surface area contributed by atoms with E-state index in [2.05, 4.69) is 20.8 Å². The molecule has 2 unspecified atom stereocenters. The van der Waals surface area contributed by atoms with E-state index in [0.717, 1.165) is 37.8 Å². The summed E-state index contributed by atoms with van der Waals surface area (Å²) in [6, 6.07) is 7.08. The number of rotatable bonds is 4. The molecule has 4 aliphatic rings. The molecule has 0 saturated heterocycles. The second-order valence-corrected chi connectivity index (χ2v) is 8.97. The molecule has 0 aromatic carbocycles. The maximum absolute atomic E-state index is 12.9. The van der Waals surface area contributed by atoms with E-state index >= 15 is 0 Å². The third-order valence-corrected chi connectivity index (χ3v) is 6.60. The molecule has 2 N–H and O–H groups in total. The molecule has 2 atom stereocenters. The number of carbonyl (C=O) groups is 2. The average molecular weight is 380 g/mol. The number of nitrogens with one attached hydrogen (secondary N) is 2. The van der Waals surface area contributed by atoms with E-state index in [1.165, 1.54) is 12.6 Å². The number of hydrogen-bond acceptors (Lipinski definition) is 5. The van der Waals surface area contributed by atoms with Gasteiger partial charge in [-0.05, 0) is 69.4 Å². The molecule has 4 bridgehead atoms. The minimum Gasteiger partial charge on any atom is -0.351 e. The largest absolute Gasteiger partial charge is 0.351 e. The Labute approximate surface area is 163 Å². The van der Waals surface area contributed by atoms with Crippen molar-refractivity contribution in [3.63, 3.8) is 0 Å². The highest BCUT2D eigenvalue weighted by Crippen LogP contribution is 2.57. The van der Waals surface area contributed by atoms with E-state index in [-0.39, 0.29) is 28.7 Å². The number of pyridine rings is 1. The van der Waals surface area contributed by atoms with Crippen molar-refractivity contribution in [1.29, 1.82) is 0 Å². The maximum atomic E-state index is 12.9. The molecule has 0 spiro atoms. The van der Waals surface area contributed by atoms with E-state index in [9.17, 15) is 9.59 Å². The lowest BCUT2D eigenvalue weighted by atomic mass is 9.49. The first-order valence-electron chi connectivity index (χ1n) is 9.94. The fraction of sp³-hybridized carbons (Fsp3) is 0.524. The van der Waals surface area contributed by atoms with Crippen LogP contribution < -0.4 is 10.6 Å². The highest BCUT2D eigenvalue weighted by Gasteiger charge is 2.59. The third kappa shape index (κ3) is 2.99. The lowest BCUT2D eigenvalue weighted by Crippen LogP contribution is -2.69. The number of hydrogen-bond donors (Lipinski definition) is 2. The fourth-order valence-corrected chi connectivity index (χ4v) is 6.16. The third-order valence-electron chi connectivity index (χ3n) is 6.60. The van der Waals surface area contributed by atoms with E-state index in [1.807, 2.05) is 19.1 Å². The van der Waals surface area contributed by atoms with Gasteiger partial charge in [-0.3, -0.25) is 9.59 Å². The summed E-state index contributed by atoms with van der Waals surface area (Å²) in [4.78, 5) is 29.9. The topological polar surface area (TPSA) is 97.1 Å². The Morgan fingerprint density at radius 3 is 2.32 bits per heavy atom. The Hall–Kier alpha value is -2.70. The highest BCUT2D eigenvalue weighted by atomic mass is 16.5. The van der Waals surface area contributed by atoms with Gasteiger partial charge in [0.1, 0.15) is 5.69 Å². The van der Waals surface area contributed by atoms with E-state index in [0.29, 0.717) is 17.5 Å². The summed E-state index contributed by atoms with van der Waals surface area (Å²) >= 11 is 0. The van der Waals surface area contributed by atoms with Crippen LogP contribution in [0.3, 0.4) is 0 Å². The molecule has 2 amide bonds. The number of amides is 2. The summed E-state index contributed by atoms with van der Waals surface area (Å²) in [5.41, 5.74) is 0.715. The molecule has 2 aromatic heterocycles. The molecule has 2 aromatic rings. The van der Waals surface area contributed by atoms with E-state index in [4.69, 9.17) is 4.52 Å². The Morgan fingerprint density at radius 2 is 1.71 bits per heavy atom. The molecule has 0 radical (unpaired) electrons. The number of carbonyl (C=O) groups excluding carboxylic acids is 2. The summed E-state index contributed by atoms with van der Waals surface area (Å²) in [6.07, 6.45) is 7.28. The molecule has 4 fully saturated rings. The van der Waals surface area contributed by atoms with Gasteiger partial charge in [-0.2, -0.15) is 0 Å². The SMILES string of the molecule is Cc1cccc(C(=O)NC23CC4CC(C2)CC(NC(=O)c2ccno2)(C4)C3)n1. The van der Waals surface area contributed by atoms with Crippen molar-refractivity contribution >= 4 is 11.8 Å². The van der Waals surface area contributed by atoms with Gasteiger partial charge in [-0.25, -0.2) is 4.98 Å². The summed E-state index contributed by atoms with van der Waals surface area (Å²) < 4.78 is 5.03. The minimum absolute atomic E-state index is 0.123. The van der Waals surface area contributed by atoms with Crippen LogP contribution >= 0.6 is 0 Å². The molecule has 0 aliphatic heterocycles. The van der Waals surface area contributed by atoms with Crippen molar-refractivity contribution in [3.8, 4) is 0 Å². The van der Waals surface area contributed by atoms with Crippen LogP contribution in [0.4, 0.5) is 0 Å². The van der Waals surface area contributed by atoms with Crippen molar-refractivity contribution in [1.82, 2.24) is 20.8 Å². The predicted octanol–water partition coefficient (Wildman–Crippen LogP) is 2.63. The van der Waals surface area contributed by atoms with Crippen LogP contribution in [0.25, 0.3) is 0 Å². The second kappa shape index (κ2) is 6.15. The first-order valence-corrected chi connectivity index (χ1v) is 9.94. The van der Waals surface area contributed by atoms with Crippen LogP contribution in [-0.2, 0) is 0 Å². The molecule has 7 nitrogen and oxygen atoms in total. The molecular formula is C21H24N4O3. The summed E-state index contributed by atoms with van der Waals surface area (Å²) in [5, 5.41) is 10.2. The molecule has 7 heteroatoms. The van der Waals surface area contributed by atoms with Crippen molar-refractivity contribution in [2.75, 3.05) is 0 Å². The van der Waals surface area contributed by atoms with Gasteiger partial charge in [0.25, 0.3) is 11.8 Å². The van der Waals surface area contributed by atoms with Gasteiger partial charge in [0.05, 0.1) is 6.20 Å². The van der Waals surface area contributed by atoms with Crippen LogP contribution in [0.15, 0.2) is 35.0 Å². The molecule has 28 heavy (non-hydrogen) atoms. The van der Waals surface area contributed by atoms with Gasteiger partial charge in [-0.15, -0.1) is 0 Å². The predicted molar refractivity (Wildman–Crippen MR) is 101 cm³/mol. The number of aryl methyl sites for hydroxylation is 1. The van der Waals surface area contributed by atoms with Crippen molar-refractivity contribution in [2.24, 2.45) is 11.8 Å². The normalized spacial score (nSPS) is 32.9. The Morgan fingerprint density at radius 1 is 1.04 bits per heavy atom. The monoisotopic (exact) mass is 380 g/mol. The molecule has 4 saturated carbocycles. The Balaban J connectivity index is 1.38. The smallest absolute Gasteiger partial charge is 0.290 e. The van der Waals surface area contributed by atoms with Gasteiger partial charge in [-0.1, -0.05) is 11.2 Å². The number of nitrogens with zero attached hydrogens (tertiary/aromatic N) is 2. The van der Waals surface area contributed by atoms with Gasteiger partial charge < -0.3 is 15.2 Å². The summed E-state index contributed by atoms with van der Waals surface area (Å²) in [6.45, 7) is 1.88. The zero-order chi connectivity index (χ0) is 19.4. The first kappa shape index (κ1) is 17.4.